The van der Waals surface area contributed by atoms with Gasteiger partial charge in [-0.25, -0.2) is 9.97 Å². The van der Waals surface area contributed by atoms with E-state index in [0.29, 0.717) is 23.1 Å². The molecule has 3 heterocycles. The highest BCUT2D eigenvalue weighted by molar-refractivity contribution is 6.04. The van der Waals surface area contributed by atoms with Gasteiger partial charge in [-0.3, -0.25) is 9.78 Å². The van der Waals surface area contributed by atoms with Crippen molar-refractivity contribution in [2.45, 2.75) is 25.7 Å². The number of anilines is 3. The zero-order valence-corrected chi connectivity index (χ0v) is 19.7. The summed E-state index contributed by atoms with van der Waals surface area (Å²) in [6.45, 7) is 4.10. The van der Waals surface area contributed by atoms with Gasteiger partial charge in [0.1, 0.15) is 0 Å². The largest absolute Gasteiger partial charge is 0.324 e. The average Bonchev–Trinajstić information content (AvgIpc) is 2.92. The fourth-order valence-corrected chi connectivity index (χ4v) is 4.31. The minimum absolute atomic E-state index is 0.133. The number of hydrogen-bond donors (Lipinski definition) is 3. The Bertz CT molecular complexity index is 1300. The number of nitrogens with zero attached hydrogens (tertiary/aromatic N) is 3. The van der Waals surface area contributed by atoms with Crippen LogP contribution in [0.25, 0.3) is 11.3 Å². The predicted molar refractivity (Wildman–Crippen MR) is 139 cm³/mol. The van der Waals surface area contributed by atoms with Gasteiger partial charge < -0.3 is 16.0 Å². The third kappa shape index (κ3) is 5.53. The van der Waals surface area contributed by atoms with Gasteiger partial charge in [0.25, 0.3) is 5.91 Å². The second-order valence-corrected chi connectivity index (χ2v) is 8.76. The molecule has 7 heteroatoms. The number of carbonyl (C=O) groups excluding carboxylic acids is 1. The van der Waals surface area contributed by atoms with Crippen LogP contribution in [0.5, 0.6) is 0 Å². The van der Waals surface area contributed by atoms with Crippen LogP contribution in [0.15, 0.2) is 79.3 Å². The molecule has 1 aliphatic rings. The first-order chi connectivity index (χ1) is 17.2. The zero-order valence-electron chi connectivity index (χ0n) is 19.7. The Morgan fingerprint density at radius 3 is 2.60 bits per heavy atom. The maximum Gasteiger partial charge on any atom is 0.255 e. The summed E-state index contributed by atoms with van der Waals surface area (Å²) in [4.78, 5) is 26.0. The molecule has 0 radical (unpaired) electrons. The molecule has 0 spiro atoms. The van der Waals surface area contributed by atoms with Gasteiger partial charge in [0, 0.05) is 41.1 Å². The van der Waals surface area contributed by atoms with Gasteiger partial charge in [0.05, 0.1) is 5.69 Å². The van der Waals surface area contributed by atoms with Crippen molar-refractivity contribution in [3.63, 3.8) is 0 Å². The monoisotopic (exact) mass is 464 g/mol. The lowest BCUT2D eigenvalue weighted by molar-refractivity contribution is 0.102. The van der Waals surface area contributed by atoms with Gasteiger partial charge in [0.2, 0.25) is 5.95 Å². The number of hydrogen-bond acceptors (Lipinski definition) is 6. The van der Waals surface area contributed by atoms with Crippen molar-refractivity contribution in [2.75, 3.05) is 23.7 Å². The lowest BCUT2D eigenvalue weighted by Crippen LogP contribution is -2.26. The number of aryl methyl sites for hydroxylation is 1. The highest BCUT2D eigenvalue weighted by Gasteiger charge is 2.16. The van der Waals surface area contributed by atoms with Crippen LogP contribution in [-0.2, 0) is 0 Å². The molecular formula is C28H28N6O. The Kier molecular flexibility index (Phi) is 6.77. The fraction of sp³-hybridized carbons (Fsp3) is 0.214. The Labute approximate surface area is 205 Å². The number of rotatable bonds is 6. The highest BCUT2D eigenvalue weighted by atomic mass is 16.1. The standard InChI is InChI=1S/C28H28N6O/c1-19-4-9-24(32-27(35)22-7-5-20(6-8-22)21-10-14-29-15-11-21)17-26(19)34-28-31-16-12-25(33-28)23-3-2-13-30-18-23/h2-9,12-13,16-18,21,29H,10-11,14-15H2,1H3,(H,32,35)(H,31,33,34). The molecule has 1 fully saturated rings. The average molecular weight is 465 g/mol. The van der Waals surface area contributed by atoms with E-state index in [9.17, 15) is 4.79 Å². The maximum absolute atomic E-state index is 12.9. The summed E-state index contributed by atoms with van der Waals surface area (Å²) in [7, 11) is 0. The van der Waals surface area contributed by atoms with E-state index < -0.39 is 0 Å². The van der Waals surface area contributed by atoms with Crippen molar-refractivity contribution in [1.29, 1.82) is 0 Å². The molecule has 0 bridgehead atoms. The van der Waals surface area contributed by atoms with Crippen molar-refractivity contribution >= 4 is 23.2 Å². The normalized spacial score (nSPS) is 13.9. The van der Waals surface area contributed by atoms with Crippen molar-refractivity contribution in [3.05, 3.63) is 95.9 Å². The third-order valence-corrected chi connectivity index (χ3v) is 6.34. The molecular weight excluding hydrogens is 436 g/mol. The van der Waals surface area contributed by atoms with E-state index in [-0.39, 0.29) is 5.91 Å². The predicted octanol–water partition coefficient (Wildman–Crippen LogP) is 5.31. The first-order valence-corrected chi connectivity index (χ1v) is 11.9. The number of amides is 1. The summed E-state index contributed by atoms with van der Waals surface area (Å²) < 4.78 is 0. The molecule has 0 aliphatic carbocycles. The SMILES string of the molecule is Cc1ccc(NC(=O)c2ccc(C3CCNCC3)cc2)cc1Nc1nccc(-c2cccnc2)n1. The van der Waals surface area contributed by atoms with Crippen LogP contribution in [0, 0.1) is 6.92 Å². The molecule has 4 aromatic rings. The smallest absolute Gasteiger partial charge is 0.255 e. The van der Waals surface area contributed by atoms with Crippen molar-refractivity contribution in [3.8, 4) is 11.3 Å². The minimum Gasteiger partial charge on any atom is -0.324 e. The van der Waals surface area contributed by atoms with E-state index >= 15 is 0 Å². The molecule has 0 atom stereocenters. The lowest BCUT2D eigenvalue weighted by Gasteiger charge is -2.23. The number of aromatic nitrogens is 3. The Morgan fingerprint density at radius 2 is 1.83 bits per heavy atom. The quantitative estimate of drug-likeness (QED) is 0.358. The van der Waals surface area contributed by atoms with E-state index in [1.165, 1.54) is 5.56 Å². The first-order valence-electron chi connectivity index (χ1n) is 11.9. The first kappa shape index (κ1) is 22.7. The molecule has 5 rings (SSSR count). The van der Waals surface area contributed by atoms with Crippen LogP contribution in [0.1, 0.15) is 40.2 Å². The molecule has 7 nitrogen and oxygen atoms in total. The van der Waals surface area contributed by atoms with Gasteiger partial charge in [-0.15, -0.1) is 0 Å². The minimum atomic E-state index is -0.133. The fourth-order valence-electron chi connectivity index (χ4n) is 4.31. The molecule has 1 saturated heterocycles. The summed E-state index contributed by atoms with van der Waals surface area (Å²) in [6.07, 6.45) is 7.49. The van der Waals surface area contributed by atoms with Crippen molar-refractivity contribution in [2.24, 2.45) is 0 Å². The number of benzene rings is 2. The van der Waals surface area contributed by atoms with Crippen LogP contribution in [0.4, 0.5) is 17.3 Å². The molecule has 3 N–H and O–H groups in total. The van der Waals surface area contributed by atoms with Crippen molar-refractivity contribution < 1.29 is 4.79 Å². The van der Waals surface area contributed by atoms with Gasteiger partial charge in [-0.2, -0.15) is 0 Å². The molecule has 176 valence electrons. The van der Waals surface area contributed by atoms with E-state index in [1.54, 1.807) is 18.6 Å². The number of nitrogens with one attached hydrogen (secondary N) is 3. The lowest BCUT2D eigenvalue weighted by atomic mass is 9.90. The zero-order chi connectivity index (χ0) is 24.0. The van der Waals surface area contributed by atoms with E-state index in [1.807, 2.05) is 55.5 Å². The molecule has 0 unspecified atom stereocenters. The topological polar surface area (TPSA) is 91.8 Å². The van der Waals surface area contributed by atoms with Crippen LogP contribution in [0.3, 0.4) is 0 Å². The van der Waals surface area contributed by atoms with Crippen LogP contribution < -0.4 is 16.0 Å². The Hall–Kier alpha value is -4.10. The summed E-state index contributed by atoms with van der Waals surface area (Å²) >= 11 is 0. The van der Waals surface area contributed by atoms with E-state index in [2.05, 4.69) is 43.0 Å². The second-order valence-electron chi connectivity index (χ2n) is 8.76. The summed E-state index contributed by atoms with van der Waals surface area (Å²) in [6, 6.07) is 19.4. The Balaban J connectivity index is 1.28. The number of carbonyl (C=O) groups is 1. The second kappa shape index (κ2) is 10.4. The van der Waals surface area contributed by atoms with E-state index in [0.717, 1.165) is 48.4 Å². The summed E-state index contributed by atoms with van der Waals surface area (Å²) in [5.74, 6) is 0.913. The van der Waals surface area contributed by atoms with Gasteiger partial charge in [-0.05, 0) is 92.4 Å². The molecule has 35 heavy (non-hydrogen) atoms. The molecule has 0 saturated carbocycles. The van der Waals surface area contributed by atoms with Gasteiger partial charge in [0.15, 0.2) is 0 Å². The summed E-state index contributed by atoms with van der Waals surface area (Å²) in [5, 5.41) is 9.69. The van der Waals surface area contributed by atoms with Crippen LogP contribution in [0.2, 0.25) is 0 Å². The summed E-state index contributed by atoms with van der Waals surface area (Å²) in [5.41, 5.74) is 6.20. The van der Waals surface area contributed by atoms with Crippen molar-refractivity contribution in [1.82, 2.24) is 20.3 Å². The van der Waals surface area contributed by atoms with Gasteiger partial charge in [-0.1, -0.05) is 18.2 Å². The number of piperidine rings is 1. The van der Waals surface area contributed by atoms with Gasteiger partial charge >= 0.3 is 0 Å². The molecule has 2 aromatic heterocycles. The van der Waals surface area contributed by atoms with Crippen LogP contribution in [-0.4, -0.2) is 33.9 Å². The van der Waals surface area contributed by atoms with E-state index in [4.69, 9.17) is 0 Å². The Morgan fingerprint density at radius 1 is 1.00 bits per heavy atom. The number of pyridine rings is 1. The molecule has 1 aliphatic heterocycles. The highest BCUT2D eigenvalue weighted by Crippen LogP contribution is 2.27. The molecule has 1 amide bonds. The van der Waals surface area contributed by atoms with Crippen LogP contribution >= 0.6 is 0 Å². The molecule has 2 aromatic carbocycles. The maximum atomic E-state index is 12.9. The third-order valence-electron chi connectivity index (χ3n) is 6.34.